The molecule has 0 unspecified atom stereocenters. The highest BCUT2D eigenvalue weighted by Gasteiger charge is 2.22. The van der Waals surface area contributed by atoms with E-state index in [0.717, 1.165) is 22.5 Å². The van der Waals surface area contributed by atoms with Crippen molar-refractivity contribution in [3.63, 3.8) is 0 Å². The summed E-state index contributed by atoms with van der Waals surface area (Å²) >= 11 is 0. The number of carbonyl (C=O) groups excluding carboxylic acids is 1. The molecule has 6 rings (SSSR count). The van der Waals surface area contributed by atoms with Crippen LogP contribution in [0.25, 0.3) is 16.9 Å². The Labute approximate surface area is 206 Å². The fourth-order valence-electron chi connectivity index (χ4n) is 4.67. The number of nitrogens with one attached hydrogen (secondary N) is 1. The largest absolute Gasteiger partial charge is 0.493 e. The molecule has 2 aromatic carbocycles. The van der Waals surface area contributed by atoms with Crippen LogP contribution in [0.5, 0.6) is 5.75 Å². The Morgan fingerprint density at radius 2 is 2.03 bits per heavy atom. The third-order valence-electron chi connectivity index (χ3n) is 6.40. The second-order valence-electron chi connectivity index (χ2n) is 8.76. The average molecular weight is 483 g/mol. The van der Waals surface area contributed by atoms with E-state index in [1.54, 1.807) is 39.7 Å². The lowest BCUT2D eigenvalue weighted by Gasteiger charge is -2.13. The van der Waals surface area contributed by atoms with Crippen molar-refractivity contribution >= 4 is 17.4 Å². The van der Waals surface area contributed by atoms with Gasteiger partial charge >= 0.3 is 0 Å². The average Bonchev–Trinajstić information content (AvgIpc) is 3.62. The first-order chi connectivity index (χ1) is 17.5. The van der Waals surface area contributed by atoms with Crippen LogP contribution in [0.2, 0.25) is 0 Å². The molecule has 36 heavy (non-hydrogen) atoms. The van der Waals surface area contributed by atoms with Gasteiger partial charge in [-0.25, -0.2) is 14.4 Å². The molecular weight excluding hydrogens is 459 g/mol. The van der Waals surface area contributed by atoms with Crippen molar-refractivity contribution < 1.29 is 13.9 Å². The molecule has 0 fully saturated rings. The number of benzene rings is 2. The molecule has 1 aliphatic rings. The molecule has 0 bridgehead atoms. The van der Waals surface area contributed by atoms with Crippen molar-refractivity contribution in [2.45, 2.75) is 19.9 Å². The van der Waals surface area contributed by atoms with Crippen molar-refractivity contribution in [1.82, 2.24) is 24.1 Å². The standard InChI is InChI=1S/C27H23FN6O2/c1-16-12-23(33(2)32-16)20-14-30-27(29-13-19-18-10-11-36-24(18)9-8-21(19)28)34-15-22(31-26(20)34)25(35)17-6-4-3-5-7-17/h3-9,12,14-15H,10-11,13H2,1-2H3,(H,29,30). The minimum Gasteiger partial charge on any atom is -0.493 e. The normalized spacial score (nSPS) is 12.5. The minimum absolute atomic E-state index is 0.193. The molecule has 3 aromatic heterocycles. The number of anilines is 1. The van der Waals surface area contributed by atoms with Gasteiger partial charge in [0.15, 0.2) is 5.65 Å². The molecule has 9 heteroatoms. The van der Waals surface area contributed by atoms with E-state index >= 15 is 0 Å². The molecule has 1 N–H and O–H groups in total. The van der Waals surface area contributed by atoms with Crippen LogP contribution in [0.1, 0.15) is 32.9 Å². The number of rotatable bonds is 6. The van der Waals surface area contributed by atoms with Crippen LogP contribution in [0, 0.1) is 12.7 Å². The van der Waals surface area contributed by atoms with Gasteiger partial charge in [0, 0.05) is 49.1 Å². The second kappa shape index (κ2) is 8.60. The number of hydrogen-bond acceptors (Lipinski definition) is 6. The summed E-state index contributed by atoms with van der Waals surface area (Å²) in [6.07, 6.45) is 4.03. The molecule has 4 heterocycles. The quantitative estimate of drug-likeness (QED) is 0.362. The first kappa shape index (κ1) is 22.0. The van der Waals surface area contributed by atoms with E-state index in [0.29, 0.717) is 41.5 Å². The highest BCUT2D eigenvalue weighted by molar-refractivity contribution is 6.08. The first-order valence-corrected chi connectivity index (χ1v) is 11.7. The van der Waals surface area contributed by atoms with Gasteiger partial charge in [-0.2, -0.15) is 5.10 Å². The third kappa shape index (κ3) is 3.69. The molecule has 5 aromatic rings. The third-order valence-corrected chi connectivity index (χ3v) is 6.40. The fourth-order valence-corrected chi connectivity index (χ4v) is 4.67. The van der Waals surface area contributed by atoms with Crippen molar-refractivity contribution in [3.05, 3.63) is 94.8 Å². The molecule has 0 saturated carbocycles. The number of ether oxygens (including phenoxy) is 1. The number of halogens is 1. The lowest BCUT2D eigenvalue weighted by Crippen LogP contribution is -2.10. The Kier molecular flexibility index (Phi) is 5.25. The van der Waals surface area contributed by atoms with Crippen LogP contribution >= 0.6 is 0 Å². The zero-order valence-electron chi connectivity index (χ0n) is 19.8. The predicted octanol–water partition coefficient (Wildman–Crippen LogP) is 4.36. The number of aryl methyl sites for hydroxylation is 2. The predicted molar refractivity (Wildman–Crippen MR) is 133 cm³/mol. The van der Waals surface area contributed by atoms with E-state index in [9.17, 15) is 9.18 Å². The summed E-state index contributed by atoms with van der Waals surface area (Å²) < 4.78 is 23.8. The maximum atomic E-state index is 14.7. The number of hydrogen-bond donors (Lipinski definition) is 1. The Hall–Kier alpha value is -4.53. The number of fused-ring (bicyclic) bond motifs is 2. The molecule has 0 atom stereocenters. The number of aromatic nitrogens is 5. The summed E-state index contributed by atoms with van der Waals surface area (Å²) in [4.78, 5) is 22.5. The van der Waals surface area contributed by atoms with Crippen LogP contribution in [0.15, 0.2) is 60.9 Å². The van der Waals surface area contributed by atoms with E-state index in [2.05, 4.69) is 15.4 Å². The molecule has 8 nitrogen and oxygen atoms in total. The summed E-state index contributed by atoms with van der Waals surface area (Å²) in [7, 11) is 1.85. The maximum Gasteiger partial charge on any atom is 0.212 e. The monoisotopic (exact) mass is 482 g/mol. The van der Waals surface area contributed by atoms with E-state index in [1.807, 2.05) is 38.2 Å². The van der Waals surface area contributed by atoms with Gasteiger partial charge in [-0.3, -0.25) is 13.9 Å². The van der Waals surface area contributed by atoms with E-state index in [1.165, 1.54) is 6.07 Å². The van der Waals surface area contributed by atoms with Crippen molar-refractivity contribution in [1.29, 1.82) is 0 Å². The van der Waals surface area contributed by atoms with Crippen LogP contribution < -0.4 is 10.1 Å². The van der Waals surface area contributed by atoms with E-state index < -0.39 is 0 Å². The smallest absolute Gasteiger partial charge is 0.212 e. The Morgan fingerprint density at radius 3 is 2.81 bits per heavy atom. The zero-order chi connectivity index (χ0) is 24.8. The Bertz CT molecular complexity index is 1620. The summed E-state index contributed by atoms with van der Waals surface area (Å²) in [5.74, 6) is 0.673. The van der Waals surface area contributed by atoms with E-state index in [-0.39, 0.29) is 23.8 Å². The summed E-state index contributed by atoms with van der Waals surface area (Å²) in [5, 5.41) is 7.69. The Morgan fingerprint density at radius 1 is 1.19 bits per heavy atom. The van der Waals surface area contributed by atoms with Crippen LogP contribution in [0.3, 0.4) is 0 Å². The highest BCUT2D eigenvalue weighted by atomic mass is 19.1. The lowest BCUT2D eigenvalue weighted by atomic mass is 10.0. The number of ketones is 1. The van der Waals surface area contributed by atoms with Gasteiger partial charge in [-0.1, -0.05) is 30.3 Å². The molecule has 0 amide bonds. The minimum atomic E-state index is -0.296. The van der Waals surface area contributed by atoms with E-state index in [4.69, 9.17) is 9.72 Å². The van der Waals surface area contributed by atoms with Gasteiger partial charge in [-0.15, -0.1) is 0 Å². The van der Waals surface area contributed by atoms with Gasteiger partial charge in [0.05, 0.1) is 23.6 Å². The van der Waals surface area contributed by atoms with Crippen LogP contribution in [-0.2, 0) is 20.0 Å². The SMILES string of the molecule is Cc1cc(-c2cnc(NCc3c(F)ccc4c3CCO4)n3cc(C(=O)c4ccccc4)nc23)n(C)n1. The van der Waals surface area contributed by atoms with Gasteiger partial charge in [0.25, 0.3) is 0 Å². The van der Waals surface area contributed by atoms with Crippen LogP contribution in [-0.4, -0.2) is 36.5 Å². The molecule has 180 valence electrons. The van der Waals surface area contributed by atoms with Crippen LogP contribution in [0.4, 0.5) is 10.3 Å². The van der Waals surface area contributed by atoms with Crippen molar-refractivity contribution in [3.8, 4) is 17.0 Å². The number of imidazole rings is 1. The summed E-state index contributed by atoms with van der Waals surface area (Å²) in [6, 6.07) is 14.0. The highest BCUT2D eigenvalue weighted by Crippen LogP contribution is 2.31. The zero-order valence-corrected chi connectivity index (χ0v) is 19.8. The topological polar surface area (TPSA) is 86.3 Å². The van der Waals surface area contributed by atoms with Gasteiger partial charge in [0.2, 0.25) is 11.7 Å². The molecule has 0 spiro atoms. The van der Waals surface area contributed by atoms with Gasteiger partial charge in [0.1, 0.15) is 17.3 Å². The number of carbonyl (C=O) groups is 1. The summed E-state index contributed by atoms with van der Waals surface area (Å²) in [6.45, 7) is 2.67. The number of nitrogens with zero attached hydrogens (tertiary/aromatic N) is 5. The Balaban J connectivity index is 1.44. The lowest BCUT2D eigenvalue weighted by molar-refractivity contribution is 0.103. The molecular formula is C27H23FN6O2. The molecule has 1 aliphatic heterocycles. The molecule has 0 aliphatic carbocycles. The van der Waals surface area contributed by atoms with Gasteiger partial charge < -0.3 is 10.1 Å². The summed E-state index contributed by atoms with van der Waals surface area (Å²) in [5.41, 5.74) is 5.22. The van der Waals surface area contributed by atoms with Crippen molar-refractivity contribution in [2.75, 3.05) is 11.9 Å². The van der Waals surface area contributed by atoms with Gasteiger partial charge in [-0.05, 0) is 25.1 Å². The second-order valence-corrected chi connectivity index (χ2v) is 8.76. The molecule has 0 radical (unpaired) electrons. The first-order valence-electron chi connectivity index (χ1n) is 11.7. The maximum absolute atomic E-state index is 14.7. The fraction of sp³-hybridized carbons (Fsp3) is 0.185. The van der Waals surface area contributed by atoms with Crippen molar-refractivity contribution in [2.24, 2.45) is 7.05 Å². The molecule has 0 saturated heterocycles.